The molecule has 0 fully saturated rings. The van der Waals surface area contributed by atoms with Gasteiger partial charge in [-0.15, -0.1) is 0 Å². The third-order valence-electron chi connectivity index (χ3n) is 5.29. The summed E-state index contributed by atoms with van der Waals surface area (Å²) in [6, 6.07) is 25.9. The van der Waals surface area contributed by atoms with Gasteiger partial charge in [0.2, 0.25) is 0 Å². The van der Waals surface area contributed by atoms with Crippen molar-refractivity contribution >= 4 is 27.7 Å². The Morgan fingerprint density at radius 2 is 1.57 bits per heavy atom. The van der Waals surface area contributed by atoms with E-state index in [1.807, 2.05) is 54.6 Å². The lowest BCUT2D eigenvalue weighted by Gasteiger charge is -2.11. The molecular formula is C26H18O4. The fourth-order valence-electron chi connectivity index (χ4n) is 3.88. The van der Waals surface area contributed by atoms with Gasteiger partial charge in [-0.05, 0) is 29.3 Å². The van der Waals surface area contributed by atoms with E-state index >= 15 is 0 Å². The van der Waals surface area contributed by atoms with E-state index in [0.717, 1.165) is 21.9 Å². The summed E-state index contributed by atoms with van der Waals surface area (Å²) in [5.41, 5.74) is 3.27. The molecule has 0 aliphatic heterocycles. The number of benzene rings is 4. The van der Waals surface area contributed by atoms with Gasteiger partial charge >= 0.3 is 0 Å². The summed E-state index contributed by atoms with van der Waals surface area (Å²) in [5.74, 6) is 0.210. The minimum atomic E-state index is -0.264. The van der Waals surface area contributed by atoms with Gasteiger partial charge in [0.15, 0.2) is 17.1 Å². The summed E-state index contributed by atoms with van der Waals surface area (Å²) in [5, 5.41) is 12.5. The molecule has 0 unspecified atom stereocenters. The second kappa shape index (κ2) is 7.08. The molecule has 30 heavy (non-hydrogen) atoms. The molecule has 1 aromatic heterocycles. The Bertz CT molecular complexity index is 1380. The average molecular weight is 394 g/mol. The maximum Gasteiger partial charge on any atom is 0.196 e. The minimum Gasteiger partial charge on any atom is -0.504 e. The van der Waals surface area contributed by atoms with Crippen LogP contribution in [0.4, 0.5) is 0 Å². The highest BCUT2D eigenvalue weighted by Crippen LogP contribution is 2.46. The van der Waals surface area contributed by atoms with Crippen LogP contribution in [0.5, 0.6) is 11.5 Å². The van der Waals surface area contributed by atoms with E-state index in [1.165, 1.54) is 0 Å². The van der Waals surface area contributed by atoms with Crippen molar-refractivity contribution in [3.8, 4) is 22.6 Å². The first-order valence-corrected chi connectivity index (χ1v) is 9.59. The second-order valence-corrected chi connectivity index (χ2v) is 7.02. The van der Waals surface area contributed by atoms with Crippen LogP contribution in [0.1, 0.15) is 15.9 Å². The molecule has 0 spiro atoms. The predicted octanol–water partition coefficient (Wildman–Crippen LogP) is 6.20. The molecule has 5 rings (SSSR count). The summed E-state index contributed by atoms with van der Waals surface area (Å²) in [4.78, 5) is 13.2. The number of hydrogen-bond donors (Lipinski definition) is 1. The van der Waals surface area contributed by atoms with Gasteiger partial charge in [-0.2, -0.15) is 0 Å². The lowest BCUT2D eigenvalue weighted by Crippen LogP contribution is -2.02. The standard InChI is InChI=1S/C26H18O4/c1-29-20-13-8-14-21-23(20)22-18(16-9-4-2-5-10-16)15-19(25(28)26(22)30-21)24(27)17-11-6-3-7-12-17/h2-15,28H,1H3. The van der Waals surface area contributed by atoms with Gasteiger partial charge < -0.3 is 14.3 Å². The van der Waals surface area contributed by atoms with E-state index in [0.29, 0.717) is 16.9 Å². The lowest BCUT2D eigenvalue weighted by molar-refractivity contribution is 0.103. The third kappa shape index (κ3) is 2.73. The molecule has 1 heterocycles. The normalized spacial score (nSPS) is 11.1. The van der Waals surface area contributed by atoms with Gasteiger partial charge in [0.05, 0.1) is 18.1 Å². The molecular weight excluding hydrogens is 376 g/mol. The van der Waals surface area contributed by atoms with Crippen molar-refractivity contribution in [1.82, 2.24) is 0 Å². The number of ether oxygens (including phenoxy) is 1. The minimum absolute atomic E-state index is 0.170. The molecule has 5 aromatic rings. The lowest BCUT2D eigenvalue weighted by atomic mass is 9.93. The van der Waals surface area contributed by atoms with Crippen LogP contribution in [0.15, 0.2) is 89.3 Å². The Labute approximate surface area is 173 Å². The van der Waals surface area contributed by atoms with Crippen molar-refractivity contribution in [3.05, 3.63) is 96.1 Å². The fraction of sp³-hybridized carbons (Fsp3) is 0.0385. The van der Waals surface area contributed by atoms with Gasteiger partial charge in [-0.3, -0.25) is 4.79 Å². The third-order valence-corrected chi connectivity index (χ3v) is 5.29. The zero-order valence-corrected chi connectivity index (χ0v) is 16.3. The van der Waals surface area contributed by atoms with Gasteiger partial charge in [0.25, 0.3) is 0 Å². The highest BCUT2D eigenvalue weighted by atomic mass is 16.5. The summed E-state index contributed by atoms with van der Waals surface area (Å²) < 4.78 is 11.6. The largest absolute Gasteiger partial charge is 0.504 e. The van der Waals surface area contributed by atoms with Gasteiger partial charge in [-0.25, -0.2) is 0 Å². The molecule has 0 saturated carbocycles. The quantitative estimate of drug-likeness (QED) is 0.369. The first kappa shape index (κ1) is 18.0. The molecule has 0 saturated heterocycles. The summed E-state index contributed by atoms with van der Waals surface area (Å²) in [6.45, 7) is 0. The summed E-state index contributed by atoms with van der Waals surface area (Å²) >= 11 is 0. The fourth-order valence-corrected chi connectivity index (χ4v) is 3.88. The van der Waals surface area contributed by atoms with Crippen molar-refractivity contribution in [2.45, 2.75) is 0 Å². The number of fused-ring (bicyclic) bond motifs is 3. The number of hydrogen-bond acceptors (Lipinski definition) is 4. The van der Waals surface area contributed by atoms with Crippen LogP contribution < -0.4 is 4.74 Å². The van der Waals surface area contributed by atoms with Crippen molar-refractivity contribution in [2.75, 3.05) is 7.11 Å². The number of carbonyl (C=O) groups excluding carboxylic acids is 1. The van der Waals surface area contributed by atoms with E-state index < -0.39 is 0 Å². The van der Waals surface area contributed by atoms with Crippen LogP contribution in [-0.4, -0.2) is 18.0 Å². The maximum absolute atomic E-state index is 13.2. The number of ketones is 1. The summed E-state index contributed by atoms with van der Waals surface area (Å²) in [7, 11) is 1.60. The van der Waals surface area contributed by atoms with Gasteiger partial charge in [0.1, 0.15) is 11.3 Å². The zero-order valence-electron chi connectivity index (χ0n) is 16.3. The van der Waals surface area contributed by atoms with Crippen LogP contribution in [0.25, 0.3) is 33.1 Å². The molecule has 0 amide bonds. The van der Waals surface area contributed by atoms with Crippen LogP contribution in [0, 0.1) is 0 Å². The molecule has 0 aliphatic carbocycles. The van der Waals surface area contributed by atoms with Crippen molar-refractivity contribution < 1.29 is 19.1 Å². The van der Waals surface area contributed by atoms with E-state index in [-0.39, 0.29) is 22.7 Å². The highest BCUT2D eigenvalue weighted by Gasteiger charge is 2.25. The van der Waals surface area contributed by atoms with Gasteiger partial charge in [0, 0.05) is 10.9 Å². The molecule has 0 aliphatic rings. The number of methoxy groups -OCH3 is 1. The van der Waals surface area contributed by atoms with Crippen LogP contribution >= 0.6 is 0 Å². The van der Waals surface area contributed by atoms with Crippen LogP contribution in [0.2, 0.25) is 0 Å². The Morgan fingerprint density at radius 3 is 2.27 bits per heavy atom. The maximum atomic E-state index is 13.2. The molecule has 0 atom stereocenters. The van der Waals surface area contributed by atoms with E-state index in [2.05, 4.69) is 0 Å². The summed E-state index contributed by atoms with van der Waals surface area (Å²) in [6.07, 6.45) is 0. The molecule has 4 heteroatoms. The number of furan rings is 1. The molecule has 1 N–H and O–H groups in total. The Balaban J connectivity index is 1.90. The number of carbonyl (C=O) groups is 1. The SMILES string of the molecule is COc1cccc2oc3c(O)c(C(=O)c4ccccc4)cc(-c4ccccc4)c3c12. The van der Waals surface area contributed by atoms with Crippen molar-refractivity contribution in [3.63, 3.8) is 0 Å². The molecule has 4 aromatic carbocycles. The number of rotatable bonds is 4. The number of phenols is 1. The zero-order chi connectivity index (χ0) is 20.7. The van der Waals surface area contributed by atoms with Crippen LogP contribution in [-0.2, 0) is 0 Å². The van der Waals surface area contributed by atoms with E-state index in [1.54, 1.807) is 37.4 Å². The van der Waals surface area contributed by atoms with E-state index in [4.69, 9.17) is 9.15 Å². The first-order valence-electron chi connectivity index (χ1n) is 9.59. The molecule has 146 valence electrons. The Hall–Kier alpha value is -4.05. The molecule has 0 radical (unpaired) electrons. The number of phenolic OH excluding ortho intramolecular Hbond substituents is 1. The molecule has 4 nitrogen and oxygen atoms in total. The van der Waals surface area contributed by atoms with Gasteiger partial charge in [-0.1, -0.05) is 66.7 Å². The average Bonchev–Trinajstić information content (AvgIpc) is 3.20. The van der Waals surface area contributed by atoms with E-state index in [9.17, 15) is 9.90 Å². The van der Waals surface area contributed by atoms with Crippen molar-refractivity contribution in [2.24, 2.45) is 0 Å². The Kier molecular flexibility index (Phi) is 4.25. The second-order valence-electron chi connectivity index (χ2n) is 7.02. The highest BCUT2D eigenvalue weighted by molar-refractivity contribution is 6.21. The first-order chi connectivity index (χ1) is 14.7. The van der Waals surface area contributed by atoms with Crippen molar-refractivity contribution in [1.29, 1.82) is 0 Å². The number of aromatic hydroxyl groups is 1. The van der Waals surface area contributed by atoms with Crippen LogP contribution in [0.3, 0.4) is 0 Å². The Morgan fingerprint density at radius 1 is 0.867 bits per heavy atom. The monoisotopic (exact) mass is 394 g/mol. The molecule has 0 bridgehead atoms. The predicted molar refractivity (Wildman–Crippen MR) is 117 cm³/mol. The topological polar surface area (TPSA) is 59.7 Å². The smallest absolute Gasteiger partial charge is 0.196 e.